The number of aryl methyl sites for hydroxylation is 1. The number of amides is 1. The van der Waals surface area contributed by atoms with Crippen LogP contribution in [0.4, 0.5) is 5.69 Å². The molecule has 1 aromatic carbocycles. The highest BCUT2D eigenvalue weighted by atomic mass is 32.2. The molecule has 0 spiro atoms. The molecule has 1 atom stereocenters. The third kappa shape index (κ3) is 6.10. The largest absolute Gasteiger partial charge is 0.456 e. The monoisotopic (exact) mass is 393 g/mol. The Morgan fingerprint density at radius 2 is 2.19 bits per heavy atom. The number of nitro benzene ring substituents is 1. The molecule has 1 unspecified atom stereocenters. The summed E-state index contributed by atoms with van der Waals surface area (Å²) in [6.07, 6.45) is 2.23. The zero-order chi connectivity index (χ0) is 19.8. The van der Waals surface area contributed by atoms with Crippen LogP contribution in [0.15, 0.2) is 34.9 Å². The number of ether oxygens (including phenoxy) is 1. The number of rotatable bonds is 9. The minimum atomic E-state index is -0.881. The fourth-order valence-electron chi connectivity index (χ4n) is 2.21. The number of carbonyl (C=O) groups is 2. The SMILES string of the molecule is CSCCC(NC(=O)c1cccc([N+](=O)[O-])c1)C(=O)OCc1cc(C)no1. The number of hydrogen-bond acceptors (Lipinski definition) is 8. The highest BCUT2D eigenvalue weighted by Gasteiger charge is 2.24. The van der Waals surface area contributed by atoms with Gasteiger partial charge in [0.25, 0.3) is 11.6 Å². The summed E-state index contributed by atoms with van der Waals surface area (Å²) in [5, 5.41) is 17.1. The van der Waals surface area contributed by atoms with Gasteiger partial charge in [-0.3, -0.25) is 14.9 Å². The van der Waals surface area contributed by atoms with Gasteiger partial charge in [-0.1, -0.05) is 11.2 Å². The summed E-state index contributed by atoms with van der Waals surface area (Å²) in [6.45, 7) is 1.65. The second kappa shape index (κ2) is 9.72. The Bertz CT molecular complexity index is 823. The van der Waals surface area contributed by atoms with Gasteiger partial charge in [-0.15, -0.1) is 0 Å². The predicted molar refractivity (Wildman–Crippen MR) is 98.4 cm³/mol. The highest BCUT2D eigenvalue weighted by molar-refractivity contribution is 7.98. The van der Waals surface area contributed by atoms with Crippen molar-refractivity contribution < 1.29 is 23.8 Å². The van der Waals surface area contributed by atoms with Crippen LogP contribution in [0.1, 0.15) is 28.2 Å². The summed E-state index contributed by atoms with van der Waals surface area (Å²) in [5.74, 6) is -0.181. The van der Waals surface area contributed by atoms with E-state index in [0.717, 1.165) is 6.07 Å². The number of non-ortho nitro benzene ring substituents is 1. The second-order valence-corrected chi connectivity index (χ2v) is 6.64. The van der Waals surface area contributed by atoms with Gasteiger partial charge in [0.15, 0.2) is 12.4 Å². The molecular formula is C17H19N3O6S. The number of benzene rings is 1. The van der Waals surface area contributed by atoms with E-state index in [2.05, 4.69) is 10.5 Å². The van der Waals surface area contributed by atoms with Crippen molar-refractivity contribution in [1.29, 1.82) is 0 Å². The molecule has 0 aliphatic heterocycles. The molecule has 0 saturated carbocycles. The average Bonchev–Trinajstić information content (AvgIpc) is 3.08. The summed E-state index contributed by atoms with van der Waals surface area (Å²) in [6, 6.07) is 6.06. The first-order valence-electron chi connectivity index (χ1n) is 8.03. The van der Waals surface area contributed by atoms with Gasteiger partial charge in [-0.25, -0.2) is 4.79 Å². The third-order valence-electron chi connectivity index (χ3n) is 3.55. The van der Waals surface area contributed by atoms with E-state index < -0.39 is 22.8 Å². The first kappa shape index (κ1) is 20.4. The van der Waals surface area contributed by atoms with Gasteiger partial charge in [0.05, 0.1) is 10.6 Å². The molecule has 1 amide bonds. The Hall–Kier alpha value is -2.88. The quantitative estimate of drug-likeness (QED) is 0.391. The average molecular weight is 393 g/mol. The molecule has 9 nitrogen and oxygen atoms in total. The summed E-state index contributed by atoms with van der Waals surface area (Å²) < 4.78 is 10.2. The van der Waals surface area contributed by atoms with Crippen molar-refractivity contribution in [2.75, 3.05) is 12.0 Å². The molecule has 1 aromatic heterocycles. The van der Waals surface area contributed by atoms with E-state index >= 15 is 0 Å². The molecule has 0 fully saturated rings. The van der Waals surface area contributed by atoms with E-state index in [1.165, 1.54) is 30.0 Å². The maximum Gasteiger partial charge on any atom is 0.329 e. The lowest BCUT2D eigenvalue weighted by Crippen LogP contribution is -2.42. The molecule has 1 heterocycles. The standard InChI is InChI=1S/C17H19N3O6S/c1-11-8-14(26-19-11)10-25-17(22)15(6-7-27-2)18-16(21)12-4-3-5-13(9-12)20(23)24/h3-5,8-9,15H,6-7,10H2,1-2H3,(H,18,21). The number of nitrogens with zero attached hydrogens (tertiary/aromatic N) is 2. The molecule has 2 aromatic rings. The fourth-order valence-corrected chi connectivity index (χ4v) is 2.69. The molecule has 10 heteroatoms. The van der Waals surface area contributed by atoms with Gasteiger partial charge in [0.1, 0.15) is 6.04 Å². The van der Waals surface area contributed by atoms with E-state index in [-0.39, 0.29) is 17.9 Å². The normalized spacial score (nSPS) is 11.6. The number of nitro groups is 1. The first-order valence-corrected chi connectivity index (χ1v) is 9.43. The lowest BCUT2D eigenvalue weighted by molar-refractivity contribution is -0.384. The molecule has 0 aliphatic carbocycles. The Balaban J connectivity index is 2.03. The topological polar surface area (TPSA) is 125 Å². The van der Waals surface area contributed by atoms with Gasteiger partial charge >= 0.3 is 5.97 Å². The first-order chi connectivity index (χ1) is 12.9. The Kier molecular flexibility index (Phi) is 7.35. The Morgan fingerprint density at radius 3 is 2.81 bits per heavy atom. The van der Waals surface area contributed by atoms with E-state index in [4.69, 9.17) is 9.26 Å². The van der Waals surface area contributed by atoms with Crippen molar-refractivity contribution in [2.24, 2.45) is 0 Å². The van der Waals surface area contributed by atoms with Gasteiger partial charge in [-0.05, 0) is 31.4 Å². The van der Waals surface area contributed by atoms with Gasteiger partial charge < -0.3 is 14.6 Å². The minimum absolute atomic E-state index is 0.0945. The molecule has 0 aliphatic rings. The maximum atomic E-state index is 12.4. The van der Waals surface area contributed by atoms with Crippen molar-refractivity contribution in [3.8, 4) is 0 Å². The van der Waals surface area contributed by atoms with Crippen LogP contribution in [0.5, 0.6) is 0 Å². The second-order valence-electron chi connectivity index (χ2n) is 5.66. The van der Waals surface area contributed by atoms with Crippen LogP contribution in [0.25, 0.3) is 0 Å². The lowest BCUT2D eigenvalue weighted by Gasteiger charge is -2.17. The van der Waals surface area contributed by atoms with E-state index in [0.29, 0.717) is 23.6 Å². The van der Waals surface area contributed by atoms with Crippen LogP contribution >= 0.6 is 11.8 Å². The zero-order valence-electron chi connectivity index (χ0n) is 14.8. The molecule has 0 radical (unpaired) electrons. The smallest absolute Gasteiger partial charge is 0.329 e. The van der Waals surface area contributed by atoms with Crippen molar-refractivity contribution in [3.05, 3.63) is 57.5 Å². The summed E-state index contributed by atoms with van der Waals surface area (Å²) >= 11 is 1.52. The van der Waals surface area contributed by atoms with Crippen LogP contribution in [0.2, 0.25) is 0 Å². The Labute approximate surface area is 159 Å². The Morgan fingerprint density at radius 1 is 1.41 bits per heavy atom. The zero-order valence-corrected chi connectivity index (χ0v) is 15.7. The van der Waals surface area contributed by atoms with Gasteiger partial charge in [0, 0.05) is 23.8 Å². The van der Waals surface area contributed by atoms with Crippen LogP contribution in [-0.2, 0) is 16.1 Å². The number of esters is 1. The van der Waals surface area contributed by atoms with Crippen molar-refractivity contribution >= 4 is 29.3 Å². The number of nitrogens with one attached hydrogen (secondary N) is 1. The molecule has 0 bridgehead atoms. The predicted octanol–water partition coefficient (Wildman–Crippen LogP) is 2.49. The van der Waals surface area contributed by atoms with Crippen LogP contribution in [0, 0.1) is 17.0 Å². The van der Waals surface area contributed by atoms with Crippen LogP contribution in [0.3, 0.4) is 0 Å². The van der Waals surface area contributed by atoms with E-state index in [1.807, 2.05) is 6.26 Å². The number of carbonyl (C=O) groups excluding carboxylic acids is 2. The minimum Gasteiger partial charge on any atom is -0.456 e. The van der Waals surface area contributed by atoms with Gasteiger partial charge in [-0.2, -0.15) is 11.8 Å². The molecule has 0 saturated heterocycles. The summed E-state index contributed by atoms with van der Waals surface area (Å²) in [4.78, 5) is 35.0. The van der Waals surface area contributed by atoms with Crippen molar-refractivity contribution in [2.45, 2.75) is 26.0 Å². The molecule has 2 rings (SSSR count). The van der Waals surface area contributed by atoms with Crippen LogP contribution < -0.4 is 5.32 Å². The molecular weight excluding hydrogens is 374 g/mol. The maximum absolute atomic E-state index is 12.4. The fraction of sp³-hybridized carbons (Fsp3) is 0.353. The van der Waals surface area contributed by atoms with E-state index in [9.17, 15) is 19.7 Å². The molecule has 1 N–H and O–H groups in total. The van der Waals surface area contributed by atoms with Crippen LogP contribution in [-0.4, -0.2) is 40.0 Å². The van der Waals surface area contributed by atoms with Crippen molar-refractivity contribution in [1.82, 2.24) is 10.5 Å². The van der Waals surface area contributed by atoms with E-state index in [1.54, 1.807) is 13.0 Å². The van der Waals surface area contributed by atoms with Crippen molar-refractivity contribution in [3.63, 3.8) is 0 Å². The number of aromatic nitrogens is 1. The molecule has 144 valence electrons. The third-order valence-corrected chi connectivity index (χ3v) is 4.20. The highest BCUT2D eigenvalue weighted by Crippen LogP contribution is 2.14. The lowest BCUT2D eigenvalue weighted by atomic mass is 10.1. The summed E-state index contributed by atoms with van der Waals surface area (Å²) in [5.41, 5.74) is 0.558. The molecule has 27 heavy (non-hydrogen) atoms. The van der Waals surface area contributed by atoms with Gasteiger partial charge in [0.2, 0.25) is 0 Å². The summed E-state index contributed by atoms with van der Waals surface area (Å²) in [7, 11) is 0. The number of thioether (sulfide) groups is 1. The number of hydrogen-bond donors (Lipinski definition) is 1.